The molecule has 3 aromatic rings. The number of fused-ring (bicyclic) bond motifs is 1. The van der Waals surface area contributed by atoms with Gasteiger partial charge in [0.2, 0.25) is 0 Å². The third kappa shape index (κ3) is 2.55. The molecule has 1 heterocycles. The summed E-state index contributed by atoms with van der Waals surface area (Å²) in [6.45, 7) is 8.31. The second-order valence-electron chi connectivity index (χ2n) is 4.54. The van der Waals surface area contributed by atoms with E-state index in [2.05, 4.69) is 61.3 Å². The van der Waals surface area contributed by atoms with Crippen molar-refractivity contribution < 1.29 is 0 Å². The van der Waals surface area contributed by atoms with Crippen LogP contribution < -0.4 is 0 Å². The van der Waals surface area contributed by atoms with Crippen LogP contribution in [0.25, 0.3) is 22.2 Å². The van der Waals surface area contributed by atoms with Crippen molar-refractivity contribution >= 4 is 10.9 Å². The molecule has 0 aliphatic heterocycles. The molecule has 0 aliphatic rings. The number of hydrogen-bond acceptors (Lipinski definition) is 0. The molecular formula is C18H21N. The number of aromatic amines is 1. The normalized spacial score (nSPS) is 10.1. The van der Waals surface area contributed by atoms with E-state index < -0.39 is 0 Å². The molecule has 0 amide bonds. The number of aromatic nitrogens is 1. The van der Waals surface area contributed by atoms with Crippen LogP contribution >= 0.6 is 0 Å². The van der Waals surface area contributed by atoms with E-state index in [9.17, 15) is 0 Å². The van der Waals surface area contributed by atoms with Gasteiger partial charge in [0.1, 0.15) is 0 Å². The minimum Gasteiger partial charge on any atom is -0.354 e. The Morgan fingerprint density at radius 1 is 0.842 bits per heavy atom. The molecule has 0 saturated carbocycles. The first-order valence-electron chi connectivity index (χ1n) is 6.90. The lowest BCUT2D eigenvalue weighted by Crippen LogP contribution is -1.78. The number of aryl methyl sites for hydroxylation is 2. The zero-order chi connectivity index (χ0) is 13.8. The van der Waals surface area contributed by atoms with Crippen molar-refractivity contribution in [3.8, 4) is 11.3 Å². The van der Waals surface area contributed by atoms with Crippen LogP contribution in [0.3, 0.4) is 0 Å². The van der Waals surface area contributed by atoms with E-state index in [4.69, 9.17) is 0 Å². The van der Waals surface area contributed by atoms with Gasteiger partial charge in [0.15, 0.2) is 0 Å². The highest BCUT2D eigenvalue weighted by Crippen LogP contribution is 2.29. The fourth-order valence-electron chi connectivity index (χ4n) is 2.33. The Bertz CT molecular complexity index is 663. The second kappa shape index (κ2) is 5.75. The highest BCUT2D eigenvalue weighted by atomic mass is 14.7. The lowest BCUT2D eigenvalue weighted by atomic mass is 10.1. The van der Waals surface area contributed by atoms with Crippen molar-refractivity contribution in [1.29, 1.82) is 0 Å². The van der Waals surface area contributed by atoms with Crippen molar-refractivity contribution in [3.05, 3.63) is 59.7 Å². The minimum atomic E-state index is 1.21. The van der Waals surface area contributed by atoms with Crippen molar-refractivity contribution in [3.63, 3.8) is 0 Å². The summed E-state index contributed by atoms with van der Waals surface area (Å²) in [4.78, 5) is 3.51. The van der Waals surface area contributed by atoms with Crippen LogP contribution in [0, 0.1) is 13.8 Å². The monoisotopic (exact) mass is 251 g/mol. The molecule has 0 fully saturated rings. The molecule has 0 atom stereocenters. The summed E-state index contributed by atoms with van der Waals surface area (Å²) in [5.41, 5.74) is 6.33. The second-order valence-corrected chi connectivity index (χ2v) is 4.54. The van der Waals surface area contributed by atoms with E-state index in [-0.39, 0.29) is 0 Å². The molecule has 2 aromatic carbocycles. The largest absolute Gasteiger partial charge is 0.354 e. The van der Waals surface area contributed by atoms with Crippen LogP contribution in [-0.2, 0) is 0 Å². The zero-order valence-corrected chi connectivity index (χ0v) is 12.1. The summed E-state index contributed by atoms with van der Waals surface area (Å²) in [7, 11) is 0. The smallest absolute Gasteiger partial charge is 0.0494 e. The highest BCUT2D eigenvalue weighted by molar-refractivity contribution is 5.90. The average Bonchev–Trinajstić information content (AvgIpc) is 2.79. The summed E-state index contributed by atoms with van der Waals surface area (Å²) < 4.78 is 0. The number of nitrogens with one attached hydrogen (secondary N) is 1. The molecule has 0 aliphatic carbocycles. The van der Waals surface area contributed by atoms with E-state index >= 15 is 0 Å². The average molecular weight is 251 g/mol. The van der Waals surface area contributed by atoms with Gasteiger partial charge in [-0.25, -0.2) is 0 Å². The van der Waals surface area contributed by atoms with E-state index in [1.807, 2.05) is 19.9 Å². The Hall–Kier alpha value is -2.02. The number of rotatable bonds is 1. The van der Waals surface area contributed by atoms with E-state index in [0.717, 1.165) is 0 Å². The van der Waals surface area contributed by atoms with Gasteiger partial charge >= 0.3 is 0 Å². The van der Waals surface area contributed by atoms with Gasteiger partial charge in [-0.2, -0.15) is 0 Å². The predicted molar refractivity (Wildman–Crippen MR) is 84.6 cm³/mol. The van der Waals surface area contributed by atoms with E-state index in [1.54, 1.807) is 0 Å². The van der Waals surface area contributed by atoms with Gasteiger partial charge in [-0.15, -0.1) is 0 Å². The molecule has 3 rings (SSSR count). The van der Waals surface area contributed by atoms with Gasteiger partial charge in [0.25, 0.3) is 0 Å². The standard InChI is InChI=1S/C16H15N.C2H6/c1-11-8-9-15-14(10-11)12(2)16(17-15)13-6-4-3-5-7-13;1-2/h3-10,17H,1-2H3;1-2H3. The highest BCUT2D eigenvalue weighted by Gasteiger charge is 2.08. The van der Waals surface area contributed by atoms with Gasteiger partial charge in [-0.3, -0.25) is 0 Å². The van der Waals surface area contributed by atoms with Crippen molar-refractivity contribution in [2.24, 2.45) is 0 Å². The predicted octanol–water partition coefficient (Wildman–Crippen LogP) is 5.48. The quantitative estimate of drug-likeness (QED) is 0.589. The maximum atomic E-state index is 3.51. The van der Waals surface area contributed by atoms with Crippen LogP contribution in [0.5, 0.6) is 0 Å². The Kier molecular flexibility index (Phi) is 4.06. The fraction of sp³-hybridized carbons (Fsp3) is 0.222. The van der Waals surface area contributed by atoms with Crippen molar-refractivity contribution in [2.45, 2.75) is 27.7 Å². The summed E-state index contributed by atoms with van der Waals surface area (Å²) in [6, 6.07) is 17.0. The number of H-pyrrole nitrogens is 1. The molecule has 19 heavy (non-hydrogen) atoms. The van der Waals surface area contributed by atoms with Crippen LogP contribution in [0.2, 0.25) is 0 Å². The lowest BCUT2D eigenvalue weighted by Gasteiger charge is -1.99. The van der Waals surface area contributed by atoms with Gasteiger partial charge in [-0.1, -0.05) is 55.8 Å². The van der Waals surface area contributed by atoms with Crippen LogP contribution in [0.15, 0.2) is 48.5 Å². The molecule has 0 unspecified atom stereocenters. The fourth-order valence-corrected chi connectivity index (χ4v) is 2.33. The summed E-state index contributed by atoms with van der Waals surface area (Å²) in [5, 5.41) is 1.32. The third-order valence-corrected chi connectivity index (χ3v) is 3.28. The summed E-state index contributed by atoms with van der Waals surface area (Å²) in [6.07, 6.45) is 0. The number of hydrogen-bond donors (Lipinski definition) is 1. The molecule has 98 valence electrons. The summed E-state index contributed by atoms with van der Waals surface area (Å²) in [5.74, 6) is 0. The van der Waals surface area contributed by atoms with Crippen LogP contribution in [0.1, 0.15) is 25.0 Å². The lowest BCUT2D eigenvalue weighted by molar-refractivity contribution is 1.41. The SMILES string of the molecule is CC.Cc1ccc2[nH]c(-c3ccccc3)c(C)c2c1. The first-order valence-corrected chi connectivity index (χ1v) is 6.90. The van der Waals surface area contributed by atoms with E-state index in [0.29, 0.717) is 0 Å². The Morgan fingerprint density at radius 3 is 2.21 bits per heavy atom. The van der Waals surface area contributed by atoms with Gasteiger partial charge in [0, 0.05) is 16.6 Å². The zero-order valence-electron chi connectivity index (χ0n) is 12.1. The molecule has 1 heteroatoms. The number of benzene rings is 2. The molecule has 0 spiro atoms. The van der Waals surface area contributed by atoms with Crippen LogP contribution in [-0.4, -0.2) is 4.98 Å². The topological polar surface area (TPSA) is 15.8 Å². The molecule has 1 N–H and O–H groups in total. The Morgan fingerprint density at radius 2 is 1.53 bits per heavy atom. The molecule has 0 saturated heterocycles. The maximum absolute atomic E-state index is 3.51. The van der Waals surface area contributed by atoms with Crippen molar-refractivity contribution in [1.82, 2.24) is 4.98 Å². The van der Waals surface area contributed by atoms with Gasteiger partial charge in [0.05, 0.1) is 0 Å². The molecule has 1 nitrogen and oxygen atoms in total. The van der Waals surface area contributed by atoms with Gasteiger partial charge < -0.3 is 4.98 Å². The minimum absolute atomic E-state index is 1.21. The first kappa shape index (κ1) is 13.4. The van der Waals surface area contributed by atoms with Crippen molar-refractivity contribution in [2.75, 3.05) is 0 Å². The molecule has 1 aromatic heterocycles. The molecule has 0 radical (unpaired) electrons. The maximum Gasteiger partial charge on any atom is 0.0494 e. The van der Waals surface area contributed by atoms with E-state index in [1.165, 1.54) is 33.3 Å². The third-order valence-electron chi connectivity index (χ3n) is 3.28. The Balaban J connectivity index is 0.000000637. The van der Waals surface area contributed by atoms with Gasteiger partial charge in [-0.05, 0) is 37.1 Å². The first-order chi connectivity index (χ1) is 9.25. The Labute approximate surface area is 115 Å². The summed E-state index contributed by atoms with van der Waals surface area (Å²) >= 11 is 0. The molecule has 0 bridgehead atoms. The van der Waals surface area contributed by atoms with Crippen LogP contribution in [0.4, 0.5) is 0 Å². The molecular weight excluding hydrogens is 230 g/mol.